The third-order valence-corrected chi connectivity index (χ3v) is 3.37. The maximum atomic E-state index is 9.77. The fourth-order valence-corrected chi connectivity index (χ4v) is 2.28. The van der Waals surface area contributed by atoms with Gasteiger partial charge in [-0.3, -0.25) is 0 Å². The zero-order valence-electron chi connectivity index (χ0n) is 13.4. The van der Waals surface area contributed by atoms with Crippen LogP contribution in [-0.4, -0.2) is 63.1 Å². The van der Waals surface area contributed by atoms with Gasteiger partial charge in [-0.15, -0.1) is 0 Å². The first-order valence-electron chi connectivity index (χ1n) is 7.68. The van der Waals surface area contributed by atoms with E-state index in [1.54, 1.807) is 0 Å². The minimum Gasteiger partial charge on any atom is -0.491 e. The highest BCUT2D eigenvalue weighted by molar-refractivity contribution is 5.47. The van der Waals surface area contributed by atoms with Crippen LogP contribution in [0.5, 0.6) is 5.75 Å². The second kappa shape index (κ2) is 8.78. The molecule has 0 saturated carbocycles. The molecule has 1 aliphatic rings. The van der Waals surface area contributed by atoms with Crippen molar-refractivity contribution in [2.24, 2.45) is 0 Å². The average Bonchev–Trinajstić information content (AvgIpc) is 2.52. The van der Waals surface area contributed by atoms with Gasteiger partial charge in [-0.05, 0) is 50.4 Å². The highest BCUT2D eigenvalue weighted by atomic mass is 16.5. The summed E-state index contributed by atoms with van der Waals surface area (Å²) in [7, 11) is 3.85. The largest absolute Gasteiger partial charge is 0.491 e. The van der Waals surface area contributed by atoms with E-state index in [0.29, 0.717) is 13.2 Å². The van der Waals surface area contributed by atoms with E-state index in [1.165, 1.54) is 5.57 Å². The molecule has 0 radical (unpaired) electrons. The molecule has 1 heterocycles. The third kappa shape index (κ3) is 6.05. The zero-order chi connectivity index (χ0) is 15.8. The third-order valence-electron chi connectivity index (χ3n) is 3.37. The molecule has 1 aromatic rings. The molecule has 1 unspecified atom stereocenters. The smallest absolute Gasteiger partial charge is 0.119 e. The van der Waals surface area contributed by atoms with Crippen LogP contribution in [0.15, 0.2) is 35.9 Å². The molecular formula is C17H26N2O3. The average molecular weight is 306 g/mol. The Morgan fingerprint density at radius 3 is 2.73 bits per heavy atom. The molecule has 2 rings (SSSR count). The summed E-state index contributed by atoms with van der Waals surface area (Å²) in [5, 5.41) is 13.1. The van der Waals surface area contributed by atoms with E-state index in [-0.39, 0.29) is 0 Å². The topological polar surface area (TPSA) is 54.0 Å². The molecule has 0 aromatic heterocycles. The lowest BCUT2D eigenvalue weighted by Crippen LogP contribution is -2.30. The number of rotatable bonds is 8. The van der Waals surface area contributed by atoms with Crippen LogP contribution >= 0.6 is 0 Å². The van der Waals surface area contributed by atoms with E-state index < -0.39 is 6.10 Å². The quantitative estimate of drug-likeness (QED) is 0.717. The predicted octanol–water partition coefficient (Wildman–Crippen LogP) is 1.75. The number of aliphatic hydroxyl groups is 1. The van der Waals surface area contributed by atoms with Crippen molar-refractivity contribution < 1.29 is 14.6 Å². The second-order valence-electron chi connectivity index (χ2n) is 5.81. The first kappa shape index (κ1) is 16.8. The molecule has 1 atom stereocenters. The molecule has 5 heteroatoms. The SMILES string of the molecule is CN(C)CC(O)COc1ccc(NCC2=CCCOC2)cc1. The lowest BCUT2D eigenvalue weighted by atomic mass is 10.2. The van der Waals surface area contributed by atoms with Crippen LogP contribution in [-0.2, 0) is 4.74 Å². The van der Waals surface area contributed by atoms with E-state index in [1.807, 2.05) is 43.3 Å². The van der Waals surface area contributed by atoms with Gasteiger partial charge in [-0.2, -0.15) is 0 Å². The maximum Gasteiger partial charge on any atom is 0.119 e. The minimum atomic E-state index is -0.481. The first-order valence-corrected chi connectivity index (χ1v) is 7.68. The van der Waals surface area contributed by atoms with E-state index in [2.05, 4.69) is 11.4 Å². The Hall–Kier alpha value is -1.56. The van der Waals surface area contributed by atoms with Gasteiger partial charge in [0.05, 0.1) is 13.2 Å². The van der Waals surface area contributed by atoms with Gasteiger partial charge in [0.25, 0.3) is 0 Å². The summed E-state index contributed by atoms with van der Waals surface area (Å²) < 4.78 is 11.0. The number of hydrogen-bond donors (Lipinski definition) is 2. The summed E-state index contributed by atoms with van der Waals surface area (Å²) in [6, 6.07) is 7.79. The van der Waals surface area contributed by atoms with Crippen LogP contribution in [0.1, 0.15) is 6.42 Å². The molecule has 122 valence electrons. The second-order valence-corrected chi connectivity index (χ2v) is 5.81. The van der Waals surface area contributed by atoms with Crippen LogP contribution in [0.4, 0.5) is 5.69 Å². The number of hydrogen-bond acceptors (Lipinski definition) is 5. The Balaban J connectivity index is 1.74. The fourth-order valence-electron chi connectivity index (χ4n) is 2.28. The fraction of sp³-hybridized carbons (Fsp3) is 0.529. The van der Waals surface area contributed by atoms with Crippen molar-refractivity contribution in [3.63, 3.8) is 0 Å². The molecule has 1 aromatic carbocycles. The standard InChI is InChI=1S/C17H26N2O3/c1-19(2)11-16(20)13-22-17-7-5-15(6-8-17)18-10-14-4-3-9-21-12-14/h4-8,16,18,20H,3,9-13H2,1-2H3. The lowest BCUT2D eigenvalue weighted by Gasteiger charge is -2.17. The summed E-state index contributed by atoms with van der Waals surface area (Å²) in [5.41, 5.74) is 2.34. The van der Waals surface area contributed by atoms with Gasteiger partial charge >= 0.3 is 0 Å². The Morgan fingerprint density at radius 2 is 2.09 bits per heavy atom. The minimum absolute atomic E-state index is 0.301. The Labute approximate surface area is 132 Å². The van der Waals surface area contributed by atoms with Crippen molar-refractivity contribution in [3.05, 3.63) is 35.9 Å². The monoisotopic (exact) mass is 306 g/mol. The molecule has 2 N–H and O–H groups in total. The molecule has 0 aliphatic carbocycles. The van der Waals surface area contributed by atoms with Crippen LogP contribution < -0.4 is 10.1 Å². The van der Waals surface area contributed by atoms with Crippen LogP contribution in [0, 0.1) is 0 Å². The van der Waals surface area contributed by atoms with Crippen LogP contribution in [0.3, 0.4) is 0 Å². The van der Waals surface area contributed by atoms with Crippen LogP contribution in [0.2, 0.25) is 0 Å². The predicted molar refractivity (Wildman–Crippen MR) is 88.5 cm³/mol. The van der Waals surface area contributed by atoms with Crippen molar-refractivity contribution >= 4 is 5.69 Å². The van der Waals surface area contributed by atoms with E-state index in [9.17, 15) is 5.11 Å². The highest BCUT2D eigenvalue weighted by Gasteiger charge is 2.07. The number of ether oxygens (including phenoxy) is 2. The van der Waals surface area contributed by atoms with Gasteiger partial charge in [0, 0.05) is 18.8 Å². The van der Waals surface area contributed by atoms with Crippen LogP contribution in [0.25, 0.3) is 0 Å². The summed E-state index contributed by atoms with van der Waals surface area (Å²) in [6.07, 6.45) is 2.75. The Morgan fingerprint density at radius 1 is 1.32 bits per heavy atom. The number of nitrogens with one attached hydrogen (secondary N) is 1. The number of benzene rings is 1. The van der Waals surface area contributed by atoms with Crippen molar-refractivity contribution in [2.45, 2.75) is 12.5 Å². The molecule has 1 aliphatic heterocycles. The number of aliphatic hydroxyl groups excluding tert-OH is 1. The Kier molecular flexibility index (Phi) is 6.71. The molecule has 0 saturated heterocycles. The molecule has 0 bridgehead atoms. The molecule has 22 heavy (non-hydrogen) atoms. The molecule has 0 spiro atoms. The van der Waals surface area contributed by atoms with Gasteiger partial charge in [-0.25, -0.2) is 0 Å². The number of nitrogens with zero attached hydrogens (tertiary/aromatic N) is 1. The summed E-state index contributed by atoms with van der Waals surface area (Å²) in [6.45, 7) is 3.25. The van der Waals surface area contributed by atoms with Crippen molar-refractivity contribution in [1.29, 1.82) is 0 Å². The van der Waals surface area contributed by atoms with E-state index >= 15 is 0 Å². The molecule has 5 nitrogen and oxygen atoms in total. The van der Waals surface area contributed by atoms with Gasteiger partial charge in [0.15, 0.2) is 0 Å². The summed E-state index contributed by atoms with van der Waals surface area (Å²) in [4.78, 5) is 1.94. The van der Waals surface area contributed by atoms with E-state index in [0.717, 1.165) is 37.6 Å². The van der Waals surface area contributed by atoms with Crippen molar-refractivity contribution in [2.75, 3.05) is 52.3 Å². The normalized spacial score (nSPS) is 16.3. The number of anilines is 1. The Bertz CT molecular complexity index is 471. The van der Waals surface area contributed by atoms with Crippen molar-refractivity contribution in [1.82, 2.24) is 4.90 Å². The summed E-state index contributed by atoms with van der Waals surface area (Å²) in [5.74, 6) is 0.767. The zero-order valence-corrected chi connectivity index (χ0v) is 13.4. The first-order chi connectivity index (χ1) is 10.6. The maximum absolute atomic E-state index is 9.77. The van der Waals surface area contributed by atoms with Gasteiger partial charge in [-0.1, -0.05) is 6.08 Å². The van der Waals surface area contributed by atoms with Gasteiger partial charge in [0.1, 0.15) is 18.5 Å². The number of likely N-dealkylation sites (N-methyl/N-ethyl adjacent to an activating group) is 1. The highest BCUT2D eigenvalue weighted by Crippen LogP contribution is 2.16. The van der Waals surface area contributed by atoms with Gasteiger partial charge < -0.3 is 24.8 Å². The van der Waals surface area contributed by atoms with Crippen molar-refractivity contribution in [3.8, 4) is 5.75 Å². The lowest BCUT2D eigenvalue weighted by molar-refractivity contribution is 0.0831. The molecular weight excluding hydrogens is 280 g/mol. The van der Waals surface area contributed by atoms with E-state index in [4.69, 9.17) is 9.47 Å². The van der Waals surface area contributed by atoms with Gasteiger partial charge in [0.2, 0.25) is 0 Å². The molecule has 0 fully saturated rings. The molecule has 0 amide bonds. The summed E-state index contributed by atoms with van der Waals surface area (Å²) >= 11 is 0.